The Morgan fingerprint density at radius 2 is 1.90 bits per heavy atom. The van der Waals surface area contributed by atoms with Crippen molar-refractivity contribution >= 4 is 5.91 Å². The van der Waals surface area contributed by atoms with Crippen LogP contribution in [-0.4, -0.2) is 22.2 Å². The summed E-state index contributed by atoms with van der Waals surface area (Å²) < 4.78 is 11.0. The molecule has 1 atom stereocenters. The second kappa shape index (κ2) is 8.47. The number of hydrogen-bond acceptors (Lipinski definition) is 5. The number of nitrogens with zero attached hydrogens (tertiary/aromatic N) is 2. The monoisotopic (exact) mass is 393 g/mol. The maximum absolute atomic E-state index is 12.3. The standard InChI is InChI=1S/C23H27N3O3/c1-15-7-6-8-17(13-15)21-25-20(29-26-21)14-24-22(27)16(2)28-19-11-9-18(10-12-19)23(3,4)5/h6-13,16H,14H2,1-5H3,(H,24,27). The van der Waals surface area contributed by atoms with Gasteiger partial charge in [-0.15, -0.1) is 0 Å². The predicted molar refractivity (Wildman–Crippen MR) is 112 cm³/mol. The molecule has 1 unspecified atom stereocenters. The topological polar surface area (TPSA) is 77.2 Å². The van der Waals surface area contributed by atoms with Crippen LogP contribution in [0.5, 0.6) is 5.75 Å². The van der Waals surface area contributed by atoms with Crippen LogP contribution in [0.25, 0.3) is 11.4 Å². The molecule has 0 saturated heterocycles. The van der Waals surface area contributed by atoms with Crippen molar-refractivity contribution in [3.05, 3.63) is 65.5 Å². The molecule has 0 spiro atoms. The molecule has 6 heteroatoms. The molecule has 1 amide bonds. The molecule has 3 rings (SSSR count). The van der Waals surface area contributed by atoms with E-state index in [1.165, 1.54) is 5.56 Å². The summed E-state index contributed by atoms with van der Waals surface area (Å²) in [6, 6.07) is 15.6. The van der Waals surface area contributed by atoms with E-state index in [0.717, 1.165) is 11.1 Å². The first kappa shape index (κ1) is 20.6. The lowest BCUT2D eigenvalue weighted by Gasteiger charge is -2.20. The lowest BCUT2D eigenvalue weighted by Crippen LogP contribution is -2.36. The van der Waals surface area contributed by atoms with Gasteiger partial charge in [0, 0.05) is 5.56 Å². The molecule has 0 fully saturated rings. The predicted octanol–water partition coefficient (Wildman–Crippen LogP) is 4.43. The van der Waals surface area contributed by atoms with E-state index in [4.69, 9.17) is 9.26 Å². The summed E-state index contributed by atoms with van der Waals surface area (Å²) in [5.41, 5.74) is 3.27. The maximum atomic E-state index is 12.3. The molecule has 0 saturated carbocycles. The SMILES string of the molecule is Cc1cccc(-c2noc(CNC(=O)C(C)Oc3ccc(C(C)(C)C)cc3)n2)c1. The number of amides is 1. The fourth-order valence-electron chi connectivity index (χ4n) is 2.83. The second-order valence-corrected chi connectivity index (χ2v) is 8.13. The highest BCUT2D eigenvalue weighted by Crippen LogP contribution is 2.24. The number of carbonyl (C=O) groups is 1. The zero-order valence-electron chi connectivity index (χ0n) is 17.5. The van der Waals surface area contributed by atoms with Gasteiger partial charge >= 0.3 is 0 Å². The van der Waals surface area contributed by atoms with Crippen molar-refractivity contribution in [2.75, 3.05) is 0 Å². The fourth-order valence-corrected chi connectivity index (χ4v) is 2.83. The molecule has 0 aliphatic heterocycles. The third-order valence-electron chi connectivity index (χ3n) is 4.56. The minimum atomic E-state index is -0.644. The number of rotatable bonds is 6. The summed E-state index contributed by atoms with van der Waals surface area (Å²) in [5.74, 6) is 1.25. The van der Waals surface area contributed by atoms with Gasteiger partial charge in [0.15, 0.2) is 6.10 Å². The lowest BCUT2D eigenvalue weighted by atomic mass is 9.87. The molecule has 2 aromatic carbocycles. The minimum absolute atomic E-state index is 0.0723. The van der Waals surface area contributed by atoms with Crippen molar-refractivity contribution in [2.45, 2.75) is 52.7 Å². The Hall–Kier alpha value is -3.15. The zero-order chi connectivity index (χ0) is 21.0. The summed E-state index contributed by atoms with van der Waals surface area (Å²) >= 11 is 0. The van der Waals surface area contributed by atoms with E-state index in [2.05, 4.69) is 36.2 Å². The Bertz CT molecular complexity index is 972. The first-order chi connectivity index (χ1) is 13.7. The van der Waals surface area contributed by atoms with Gasteiger partial charge in [-0.3, -0.25) is 4.79 Å². The third kappa shape index (κ3) is 5.44. The van der Waals surface area contributed by atoms with Crippen LogP contribution in [0.4, 0.5) is 0 Å². The minimum Gasteiger partial charge on any atom is -0.481 e. The van der Waals surface area contributed by atoms with E-state index in [1.54, 1.807) is 6.92 Å². The van der Waals surface area contributed by atoms with E-state index in [0.29, 0.717) is 17.5 Å². The van der Waals surface area contributed by atoms with Gasteiger partial charge in [-0.2, -0.15) is 4.98 Å². The van der Waals surface area contributed by atoms with E-state index in [1.807, 2.05) is 55.5 Å². The highest BCUT2D eigenvalue weighted by Gasteiger charge is 2.17. The van der Waals surface area contributed by atoms with E-state index in [9.17, 15) is 4.79 Å². The van der Waals surface area contributed by atoms with Crippen LogP contribution in [0.1, 0.15) is 44.7 Å². The quantitative estimate of drug-likeness (QED) is 0.670. The van der Waals surface area contributed by atoms with E-state index in [-0.39, 0.29) is 17.9 Å². The molecular weight excluding hydrogens is 366 g/mol. The van der Waals surface area contributed by atoms with Gasteiger partial charge in [0.05, 0.1) is 6.54 Å². The van der Waals surface area contributed by atoms with Crippen LogP contribution in [0, 0.1) is 6.92 Å². The van der Waals surface area contributed by atoms with Crippen molar-refractivity contribution in [2.24, 2.45) is 0 Å². The summed E-state index contributed by atoms with van der Waals surface area (Å²) in [5, 5.41) is 6.75. The first-order valence-corrected chi connectivity index (χ1v) is 9.67. The van der Waals surface area contributed by atoms with Gasteiger partial charge in [-0.05, 0) is 43.0 Å². The summed E-state index contributed by atoms with van der Waals surface area (Å²) in [6.45, 7) is 10.3. The number of ether oxygens (including phenoxy) is 1. The molecule has 29 heavy (non-hydrogen) atoms. The van der Waals surface area contributed by atoms with Crippen LogP contribution < -0.4 is 10.1 Å². The van der Waals surface area contributed by atoms with Gasteiger partial charge in [0.2, 0.25) is 11.7 Å². The highest BCUT2D eigenvalue weighted by molar-refractivity contribution is 5.80. The summed E-state index contributed by atoms with van der Waals surface area (Å²) in [7, 11) is 0. The van der Waals surface area contributed by atoms with Crippen LogP contribution in [0.3, 0.4) is 0 Å². The number of nitrogens with one attached hydrogen (secondary N) is 1. The summed E-state index contributed by atoms with van der Waals surface area (Å²) in [6.07, 6.45) is -0.644. The number of benzene rings is 2. The molecule has 1 aromatic heterocycles. The normalized spacial score (nSPS) is 12.4. The van der Waals surface area contributed by atoms with Crippen LogP contribution in [0.15, 0.2) is 53.1 Å². The van der Waals surface area contributed by atoms with Crippen molar-refractivity contribution < 1.29 is 14.1 Å². The molecule has 1 heterocycles. The van der Waals surface area contributed by atoms with Crippen LogP contribution in [0.2, 0.25) is 0 Å². The van der Waals surface area contributed by atoms with E-state index < -0.39 is 6.10 Å². The smallest absolute Gasteiger partial charge is 0.261 e. The number of hydrogen-bond donors (Lipinski definition) is 1. The average molecular weight is 393 g/mol. The van der Waals surface area contributed by atoms with Crippen molar-refractivity contribution in [3.8, 4) is 17.1 Å². The van der Waals surface area contributed by atoms with Crippen molar-refractivity contribution in [3.63, 3.8) is 0 Å². The van der Waals surface area contributed by atoms with Gasteiger partial charge < -0.3 is 14.6 Å². The van der Waals surface area contributed by atoms with Gasteiger partial charge in [0.1, 0.15) is 5.75 Å². The van der Waals surface area contributed by atoms with Crippen molar-refractivity contribution in [1.29, 1.82) is 0 Å². The maximum Gasteiger partial charge on any atom is 0.261 e. The Kier molecular flexibility index (Phi) is 6.01. The molecule has 152 valence electrons. The molecular formula is C23H27N3O3. The van der Waals surface area contributed by atoms with Gasteiger partial charge in [-0.1, -0.05) is 61.8 Å². The largest absolute Gasteiger partial charge is 0.481 e. The molecule has 0 bridgehead atoms. The first-order valence-electron chi connectivity index (χ1n) is 9.67. The van der Waals surface area contributed by atoms with Crippen molar-refractivity contribution in [1.82, 2.24) is 15.5 Å². The Balaban J connectivity index is 1.54. The molecule has 6 nitrogen and oxygen atoms in total. The Morgan fingerprint density at radius 3 is 2.55 bits per heavy atom. The fraction of sp³-hybridized carbons (Fsp3) is 0.348. The highest BCUT2D eigenvalue weighted by atomic mass is 16.5. The second-order valence-electron chi connectivity index (χ2n) is 8.13. The van der Waals surface area contributed by atoms with Gasteiger partial charge in [0.25, 0.3) is 5.91 Å². The Morgan fingerprint density at radius 1 is 1.17 bits per heavy atom. The van der Waals surface area contributed by atoms with E-state index >= 15 is 0 Å². The van der Waals surface area contributed by atoms with Gasteiger partial charge in [-0.25, -0.2) is 0 Å². The van der Waals surface area contributed by atoms with Crippen LogP contribution in [-0.2, 0) is 16.8 Å². The number of carbonyl (C=O) groups excluding carboxylic acids is 1. The molecule has 0 aliphatic rings. The molecule has 0 radical (unpaired) electrons. The average Bonchev–Trinajstić information content (AvgIpc) is 3.15. The molecule has 0 aliphatic carbocycles. The molecule has 3 aromatic rings. The molecule has 1 N–H and O–H groups in total. The number of aromatic nitrogens is 2. The lowest BCUT2D eigenvalue weighted by molar-refractivity contribution is -0.127. The number of aryl methyl sites for hydroxylation is 1. The zero-order valence-corrected chi connectivity index (χ0v) is 17.5. The third-order valence-corrected chi connectivity index (χ3v) is 4.56. The summed E-state index contributed by atoms with van der Waals surface area (Å²) in [4.78, 5) is 16.7. The van der Waals surface area contributed by atoms with Crippen LogP contribution >= 0.6 is 0 Å². The Labute approximate surface area is 171 Å².